The molecule has 2 amide bonds. The molecule has 3 aromatic carbocycles. The Hall–Kier alpha value is -4.26. The molecule has 3 N–H and O–H groups in total. The first-order valence-corrected chi connectivity index (χ1v) is 11.9. The quantitative estimate of drug-likeness (QED) is 0.236. The predicted molar refractivity (Wildman–Crippen MR) is 132 cm³/mol. The minimum absolute atomic E-state index is 0.0117. The average Bonchev–Trinajstić information content (AvgIpc) is 3.28. The number of ether oxygens (including phenoxy) is 1. The van der Waals surface area contributed by atoms with Gasteiger partial charge < -0.3 is 20.2 Å². The number of carbonyl (C=O) groups is 2. The normalized spacial score (nSPS) is 12.2. The van der Waals surface area contributed by atoms with Crippen LogP contribution in [0.3, 0.4) is 0 Å². The zero-order valence-corrected chi connectivity index (χ0v) is 21.1. The summed E-state index contributed by atoms with van der Waals surface area (Å²) in [5.41, 5.74) is 3.83. The first-order chi connectivity index (χ1) is 18.5. The molecule has 0 saturated carbocycles. The van der Waals surface area contributed by atoms with Gasteiger partial charge in [0, 0.05) is 11.1 Å². The molecular weight excluding hydrogens is 593 g/mol. The number of oxazole rings is 1. The van der Waals surface area contributed by atoms with E-state index in [9.17, 15) is 31.5 Å². The van der Waals surface area contributed by atoms with Crippen molar-refractivity contribution in [2.75, 3.05) is 6.54 Å². The van der Waals surface area contributed by atoms with Gasteiger partial charge in [0.1, 0.15) is 17.1 Å². The van der Waals surface area contributed by atoms with E-state index in [4.69, 9.17) is 14.9 Å². The summed E-state index contributed by atoms with van der Waals surface area (Å²) in [6.07, 6.45) is -5.87. The van der Waals surface area contributed by atoms with Crippen LogP contribution in [0.15, 0.2) is 75.8 Å². The molecule has 1 heterocycles. The number of carbonyl (C=O) groups excluding carboxylic acids is 2. The van der Waals surface area contributed by atoms with Crippen molar-refractivity contribution >= 4 is 27.7 Å². The molecule has 4 rings (SSSR count). The monoisotopic (exact) mass is 609 g/mol. The molecule has 0 saturated heterocycles. The van der Waals surface area contributed by atoms with E-state index in [1.165, 1.54) is 12.1 Å². The zero-order chi connectivity index (χ0) is 28.3. The fourth-order valence-electron chi connectivity index (χ4n) is 3.51. The van der Waals surface area contributed by atoms with Gasteiger partial charge >= 0.3 is 6.18 Å². The van der Waals surface area contributed by atoms with Crippen LogP contribution in [-0.4, -0.2) is 23.3 Å². The van der Waals surface area contributed by atoms with E-state index in [2.05, 4.69) is 26.2 Å². The lowest BCUT2D eigenvalue weighted by Gasteiger charge is -2.18. The molecule has 39 heavy (non-hydrogen) atoms. The van der Waals surface area contributed by atoms with E-state index in [1.807, 2.05) is 0 Å². The second-order valence-electron chi connectivity index (χ2n) is 8.03. The smallest absolute Gasteiger partial charge is 0.416 e. The lowest BCUT2D eigenvalue weighted by molar-refractivity contribution is -0.137. The Kier molecular flexibility index (Phi) is 8.00. The van der Waals surface area contributed by atoms with E-state index < -0.39 is 52.6 Å². The molecule has 1 unspecified atom stereocenters. The highest BCUT2D eigenvalue weighted by Gasteiger charge is 2.31. The van der Waals surface area contributed by atoms with Crippen LogP contribution in [0.1, 0.15) is 38.3 Å². The molecular formula is C26H17BrF5N3O4. The fraction of sp³-hybridized carbons (Fsp3) is 0.115. The summed E-state index contributed by atoms with van der Waals surface area (Å²) in [4.78, 5) is 28.4. The third-order valence-corrected chi connectivity index (χ3v) is 5.96. The Morgan fingerprint density at radius 2 is 1.69 bits per heavy atom. The van der Waals surface area contributed by atoms with Crippen molar-refractivity contribution in [3.8, 4) is 17.0 Å². The maximum atomic E-state index is 14.9. The van der Waals surface area contributed by atoms with Crippen molar-refractivity contribution in [1.82, 2.24) is 10.3 Å². The number of amides is 2. The highest BCUT2D eigenvalue weighted by Crippen LogP contribution is 2.35. The predicted octanol–water partition coefficient (Wildman–Crippen LogP) is 6.05. The van der Waals surface area contributed by atoms with Gasteiger partial charge in [0.25, 0.3) is 11.8 Å². The highest BCUT2D eigenvalue weighted by atomic mass is 79.9. The highest BCUT2D eigenvalue weighted by molar-refractivity contribution is 9.10. The van der Waals surface area contributed by atoms with Gasteiger partial charge in [0.2, 0.25) is 5.89 Å². The van der Waals surface area contributed by atoms with Crippen molar-refractivity contribution < 1.29 is 40.7 Å². The Bertz CT molecular complexity index is 1510. The third kappa shape index (κ3) is 6.25. The summed E-state index contributed by atoms with van der Waals surface area (Å²) in [6.45, 7) is -0.337. The first-order valence-electron chi connectivity index (χ1n) is 11.1. The van der Waals surface area contributed by atoms with Crippen LogP contribution in [0.25, 0.3) is 11.3 Å². The summed E-state index contributed by atoms with van der Waals surface area (Å²) >= 11 is 3.16. The number of nitrogens with one attached hydrogen (secondary N) is 1. The molecule has 1 aromatic heterocycles. The number of hydrogen-bond acceptors (Lipinski definition) is 5. The molecule has 4 aromatic rings. The van der Waals surface area contributed by atoms with Gasteiger partial charge in [-0.1, -0.05) is 30.3 Å². The molecule has 0 bridgehead atoms. The van der Waals surface area contributed by atoms with E-state index in [0.29, 0.717) is 5.56 Å². The standard InChI is InChI=1S/C26H17BrF5N3O4/c27-22-21(13-6-8-15(9-7-13)26(30,31)32)35-25(39-22)18(12-34-24(37)14-4-2-1-3-5-14)38-17-11-10-16(28)19(20(17)29)23(33)36/h1-11,18H,12H2,(H2,33,36)(H,34,37). The molecule has 0 aliphatic rings. The van der Waals surface area contributed by atoms with Crippen LogP contribution in [0.4, 0.5) is 22.0 Å². The average molecular weight is 610 g/mol. The van der Waals surface area contributed by atoms with Crippen molar-refractivity contribution in [3.63, 3.8) is 0 Å². The Labute approximate surface area is 225 Å². The molecule has 0 aliphatic heterocycles. The van der Waals surface area contributed by atoms with E-state index >= 15 is 0 Å². The molecule has 13 heteroatoms. The summed E-state index contributed by atoms with van der Waals surface area (Å²) in [5, 5.41) is 2.59. The topological polar surface area (TPSA) is 107 Å². The van der Waals surface area contributed by atoms with Crippen LogP contribution < -0.4 is 15.8 Å². The van der Waals surface area contributed by atoms with Gasteiger partial charge in [-0.25, -0.2) is 13.8 Å². The number of rotatable bonds is 8. The van der Waals surface area contributed by atoms with Crippen LogP contribution >= 0.6 is 15.9 Å². The molecule has 0 radical (unpaired) electrons. The number of primary amides is 1. The first kappa shape index (κ1) is 27.8. The van der Waals surface area contributed by atoms with Crippen LogP contribution in [0.5, 0.6) is 5.75 Å². The number of benzene rings is 3. The maximum absolute atomic E-state index is 14.9. The second kappa shape index (κ2) is 11.2. The van der Waals surface area contributed by atoms with Crippen molar-refractivity contribution in [1.29, 1.82) is 0 Å². The summed E-state index contributed by atoms with van der Waals surface area (Å²) in [5.74, 6) is -5.27. The van der Waals surface area contributed by atoms with Gasteiger partial charge in [-0.15, -0.1) is 0 Å². The molecule has 0 aliphatic carbocycles. The summed E-state index contributed by atoms with van der Waals surface area (Å²) in [7, 11) is 0. The van der Waals surface area contributed by atoms with E-state index in [1.54, 1.807) is 30.3 Å². The molecule has 0 spiro atoms. The Balaban J connectivity index is 1.68. The van der Waals surface area contributed by atoms with Gasteiger partial charge in [0.05, 0.1) is 12.1 Å². The number of aromatic nitrogens is 1. The van der Waals surface area contributed by atoms with Crippen LogP contribution in [-0.2, 0) is 6.18 Å². The lowest BCUT2D eigenvalue weighted by atomic mass is 10.1. The molecule has 202 valence electrons. The van der Waals surface area contributed by atoms with Crippen LogP contribution in [0.2, 0.25) is 0 Å². The van der Waals surface area contributed by atoms with Gasteiger partial charge in [-0.05, 0) is 52.3 Å². The van der Waals surface area contributed by atoms with Crippen molar-refractivity contribution in [3.05, 3.63) is 106 Å². The SMILES string of the molecule is NC(=O)c1c(F)ccc(OC(CNC(=O)c2ccccc2)c2nc(-c3ccc(C(F)(F)F)cc3)c(Br)o2)c1F. The largest absolute Gasteiger partial charge is 0.476 e. The Morgan fingerprint density at radius 3 is 2.31 bits per heavy atom. The molecule has 0 fully saturated rings. The second-order valence-corrected chi connectivity index (χ2v) is 8.75. The third-order valence-electron chi connectivity index (χ3n) is 5.42. The number of hydrogen-bond donors (Lipinski definition) is 2. The van der Waals surface area contributed by atoms with Gasteiger partial charge in [-0.3, -0.25) is 9.59 Å². The van der Waals surface area contributed by atoms with Crippen molar-refractivity contribution in [2.24, 2.45) is 5.73 Å². The number of halogens is 6. The number of nitrogens with two attached hydrogens (primary N) is 1. The molecule has 1 atom stereocenters. The zero-order valence-electron chi connectivity index (χ0n) is 19.6. The number of alkyl halides is 3. The minimum Gasteiger partial charge on any atom is -0.476 e. The molecule has 7 nitrogen and oxygen atoms in total. The minimum atomic E-state index is -4.54. The van der Waals surface area contributed by atoms with Gasteiger partial charge in [0.15, 0.2) is 22.3 Å². The van der Waals surface area contributed by atoms with Crippen molar-refractivity contribution in [2.45, 2.75) is 12.3 Å². The van der Waals surface area contributed by atoms with Crippen LogP contribution in [0, 0.1) is 11.6 Å². The summed E-state index contributed by atoms with van der Waals surface area (Å²) in [6, 6.07) is 13.9. The van der Waals surface area contributed by atoms with Gasteiger partial charge in [-0.2, -0.15) is 13.2 Å². The lowest BCUT2D eigenvalue weighted by Crippen LogP contribution is -2.31. The Morgan fingerprint density at radius 1 is 1.03 bits per heavy atom. The van der Waals surface area contributed by atoms with E-state index in [0.717, 1.165) is 24.3 Å². The number of nitrogens with zero attached hydrogens (tertiary/aromatic N) is 1. The fourth-order valence-corrected chi connectivity index (χ4v) is 3.99. The summed E-state index contributed by atoms with van der Waals surface area (Å²) < 4.78 is 79.0. The maximum Gasteiger partial charge on any atom is 0.416 e. The van der Waals surface area contributed by atoms with E-state index in [-0.39, 0.29) is 28.4 Å².